The largest absolute Gasteiger partial charge is 0.456 e. The van der Waals surface area contributed by atoms with E-state index in [1.807, 2.05) is 12.1 Å². The minimum atomic E-state index is 0.864. The molecule has 0 N–H and O–H groups in total. The Balaban J connectivity index is 0.928. The molecule has 0 saturated carbocycles. The van der Waals surface area contributed by atoms with E-state index in [-0.39, 0.29) is 0 Å². The molecule has 2 nitrogen and oxygen atoms in total. The fourth-order valence-electron chi connectivity index (χ4n) is 9.49. The summed E-state index contributed by atoms with van der Waals surface area (Å²) in [5.41, 5.74) is 16.9. The molecule has 0 fully saturated rings. The van der Waals surface area contributed by atoms with Crippen LogP contribution in [0.4, 0.5) is 17.1 Å². The van der Waals surface area contributed by atoms with Crippen LogP contribution in [0.2, 0.25) is 0 Å². The normalized spacial score (nSPS) is 11.3. The third kappa shape index (κ3) is 7.41. The maximum atomic E-state index is 6.36. The number of benzene rings is 11. The van der Waals surface area contributed by atoms with Crippen molar-refractivity contribution in [3.8, 4) is 67.0 Å². The van der Waals surface area contributed by atoms with Gasteiger partial charge in [0.15, 0.2) is 0 Å². The first-order chi connectivity index (χ1) is 32.7. The van der Waals surface area contributed by atoms with Crippen molar-refractivity contribution in [1.29, 1.82) is 0 Å². The summed E-state index contributed by atoms with van der Waals surface area (Å²) < 4.78 is 6.36. The third-order valence-electron chi connectivity index (χ3n) is 12.9. The van der Waals surface area contributed by atoms with Gasteiger partial charge >= 0.3 is 0 Å². The number of fused-ring (bicyclic) bond motifs is 4. The van der Waals surface area contributed by atoms with E-state index in [4.69, 9.17) is 4.42 Å². The summed E-state index contributed by atoms with van der Waals surface area (Å²) in [6, 6.07) is 93.9. The smallest absolute Gasteiger partial charge is 0.136 e. The summed E-state index contributed by atoms with van der Waals surface area (Å²) in [4.78, 5) is 2.35. The van der Waals surface area contributed by atoms with Crippen LogP contribution in [-0.2, 0) is 0 Å². The lowest BCUT2D eigenvalue weighted by atomic mass is 9.93. The molecular weight excluding hydrogens is 799 g/mol. The lowest BCUT2D eigenvalue weighted by Gasteiger charge is -2.26. The van der Waals surface area contributed by atoms with Crippen molar-refractivity contribution in [2.45, 2.75) is 0 Å². The fourth-order valence-corrected chi connectivity index (χ4v) is 9.49. The lowest BCUT2D eigenvalue weighted by molar-refractivity contribution is 0.632. The van der Waals surface area contributed by atoms with Crippen molar-refractivity contribution >= 4 is 49.6 Å². The Morgan fingerprint density at radius 2 is 0.682 bits per heavy atom. The molecule has 2 heteroatoms. The Bertz CT molecular complexity index is 3570. The monoisotopic (exact) mass is 841 g/mol. The Labute approximate surface area is 384 Å². The van der Waals surface area contributed by atoms with E-state index in [0.29, 0.717) is 0 Å². The van der Waals surface area contributed by atoms with Gasteiger partial charge in [0.05, 0.1) is 0 Å². The molecule has 0 aliphatic carbocycles. The number of nitrogens with zero attached hydrogens (tertiary/aromatic N) is 1. The van der Waals surface area contributed by atoms with E-state index in [0.717, 1.165) is 56.0 Å². The number of hydrogen-bond donors (Lipinski definition) is 0. The van der Waals surface area contributed by atoms with Gasteiger partial charge in [0.2, 0.25) is 0 Å². The average Bonchev–Trinajstić information content (AvgIpc) is 3.84. The number of rotatable bonds is 9. The predicted octanol–water partition coefficient (Wildman–Crippen LogP) is 18.2. The van der Waals surface area contributed by atoms with Gasteiger partial charge < -0.3 is 9.32 Å². The highest BCUT2D eigenvalue weighted by Gasteiger charge is 2.17. The molecule has 0 bridgehead atoms. The van der Waals surface area contributed by atoms with Crippen molar-refractivity contribution in [3.63, 3.8) is 0 Å². The molecule has 0 unspecified atom stereocenters. The zero-order chi connectivity index (χ0) is 43.8. The Hall–Kier alpha value is -8.72. The van der Waals surface area contributed by atoms with Crippen LogP contribution in [0.15, 0.2) is 265 Å². The number of anilines is 3. The van der Waals surface area contributed by atoms with Gasteiger partial charge in [-0.3, -0.25) is 0 Å². The van der Waals surface area contributed by atoms with E-state index in [2.05, 4.69) is 254 Å². The molecular formula is C64H43NO. The molecule has 1 heterocycles. The summed E-state index contributed by atoms with van der Waals surface area (Å²) in [7, 11) is 0. The number of hydrogen-bond acceptors (Lipinski definition) is 2. The molecule has 0 spiro atoms. The second-order valence-corrected chi connectivity index (χ2v) is 16.9. The van der Waals surface area contributed by atoms with Crippen molar-refractivity contribution < 1.29 is 4.42 Å². The summed E-state index contributed by atoms with van der Waals surface area (Å²) in [5, 5.41) is 6.15. The Morgan fingerprint density at radius 3 is 1.29 bits per heavy atom. The summed E-state index contributed by atoms with van der Waals surface area (Å²) in [6.45, 7) is 0. The molecule has 12 aromatic rings. The van der Waals surface area contributed by atoms with Crippen LogP contribution >= 0.6 is 0 Å². The number of para-hydroxylation sites is 1. The fraction of sp³-hybridized carbons (Fsp3) is 0. The van der Waals surface area contributed by atoms with Crippen LogP contribution in [0.1, 0.15) is 0 Å². The maximum absolute atomic E-state index is 6.36. The molecule has 66 heavy (non-hydrogen) atoms. The van der Waals surface area contributed by atoms with Crippen LogP contribution in [0.25, 0.3) is 99.5 Å². The van der Waals surface area contributed by atoms with E-state index >= 15 is 0 Å². The first kappa shape index (κ1) is 38.9. The number of furan rings is 1. The highest BCUT2D eigenvalue weighted by molar-refractivity contribution is 6.08. The molecule has 0 saturated heterocycles. The molecule has 0 radical (unpaired) electrons. The first-order valence-electron chi connectivity index (χ1n) is 22.6. The van der Waals surface area contributed by atoms with Gasteiger partial charge in [0.1, 0.15) is 11.3 Å². The minimum absolute atomic E-state index is 0.864. The molecule has 0 aliphatic rings. The van der Waals surface area contributed by atoms with Crippen LogP contribution in [-0.4, -0.2) is 0 Å². The summed E-state index contributed by atoms with van der Waals surface area (Å²) >= 11 is 0. The van der Waals surface area contributed by atoms with Gasteiger partial charge in [-0.25, -0.2) is 0 Å². The van der Waals surface area contributed by atoms with E-state index < -0.39 is 0 Å². The quantitative estimate of drug-likeness (QED) is 0.135. The highest BCUT2D eigenvalue weighted by Crippen LogP contribution is 2.41. The molecule has 0 aliphatic heterocycles. The van der Waals surface area contributed by atoms with Crippen LogP contribution in [0.5, 0.6) is 0 Å². The van der Waals surface area contributed by atoms with Crippen molar-refractivity contribution in [2.24, 2.45) is 0 Å². The van der Waals surface area contributed by atoms with Crippen LogP contribution in [0, 0.1) is 0 Å². The zero-order valence-electron chi connectivity index (χ0n) is 36.2. The van der Waals surface area contributed by atoms with Crippen LogP contribution < -0.4 is 4.90 Å². The topological polar surface area (TPSA) is 16.4 Å². The van der Waals surface area contributed by atoms with Crippen molar-refractivity contribution in [1.82, 2.24) is 0 Å². The second-order valence-electron chi connectivity index (χ2n) is 16.9. The van der Waals surface area contributed by atoms with Gasteiger partial charge in [-0.1, -0.05) is 188 Å². The minimum Gasteiger partial charge on any atom is -0.456 e. The lowest BCUT2D eigenvalue weighted by Crippen LogP contribution is -2.09. The second kappa shape index (κ2) is 16.8. The zero-order valence-corrected chi connectivity index (χ0v) is 36.2. The molecule has 0 amide bonds. The molecule has 310 valence electrons. The van der Waals surface area contributed by atoms with Crippen molar-refractivity contribution in [3.05, 3.63) is 261 Å². The van der Waals surface area contributed by atoms with Crippen LogP contribution in [0.3, 0.4) is 0 Å². The van der Waals surface area contributed by atoms with Crippen molar-refractivity contribution in [2.75, 3.05) is 4.90 Å². The first-order valence-corrected chi connectivity index (χ1v) is 22.6. The van der Waals surface area contributed by atoms with Gasteiger partial charge in [-0.15, -0.1) is 0 Å². The highest BCUT2D eigenvalue weighted by atomic mass is 16.3. The van der Waals surface area contributed by atoms with Gasteiger partial charge in [0, 0.05) is 28.0 Å². The van der Waals surface area contributed by atoms with E-state index in [1.165, 1.54) is 60.5 Å². The van der Waals surface area contributed by atoms with Gasteiger partial charge in [-0.05, 0) is 150 Å². The maximum Gasteiger partial charge on any atom is 0.136 e. The molecule has 11 aromatic carbocycles. The summed E-state index contributed by atoms with van der Waals surface area (Å²) in [5.74, 6) is 0.864. The van der Waals surface area contributed by atoms with E-state index in [1.54, 1.807) is 0 Å². The standard InChI is InChI=1S/C64H43NO/c1-3-13-44(14-4-1)53-40-54(45-15-5-2-6-16-45)42-55(41-53)47-27-34-57(35-28-47)65(56-32-25-46(26-33-56)50-31-38-61-51(39-50)24-23-48-17-7-9-19-59(48)61)58-36-29-49(30-37-58)60-20-10-11-21-62(60)64-43-52-18-8-12-22-63(52)66-64/h1-43H. The van der Waals surface area contributed by atoms with Gasteiger partial charge in [0.25, 0.3) is 0 Å². The summed E-state index contributed by atoms with van der Waals surface area (Å²) in [6.07, 6.45) is 0. The Kier molecular flexibility index (Phi) is 9.89. The van der Waals surface area contributed by atoms with Gasteiger partial charge in [-0.2, -0.15) is 0 Å². The van der Waals surface area contributed by atoms with E-state index in [9.17, 15) is 0 Å². The molecule has 1 aromatic heterocycles. The molecule has 12 rings (SSSR count). The third-order valence-corrected chi connectivity index (χ3v) is 12.9. The average molecular weight is 842 g/mol. The molecule has 0 atom stereocenters. The SMILES string of the molecule is c1ccc(-c2cc(-c3ccccc3)cc(-c3ccc(N(c4ccc(-c5ccc6c(ccc7ccccc76)c5)cc4)c4ccc(-c5ccccc5-c5cc6ccccc6o5)cc4)cc3)c2)cc1. The Morgan fingerprint density at radius 1 is 0.242 bits per heavy atom. The predicted molar refractivity (Wildman–Crippen MR) is 279 cm³/mol.